The molecule has 2 aromatic carbocycles. The molecular formula is C24H29NO. The fraction of sp³-hybridized carbons (Fsp3) is 0.375. The molecule has 0 aliphatic carbocycles. The molecule has 0 unspecified atom stereocenters. The Balaban J connectivity index is 1.96. The highest BCUT2D eigenvalue weighted by Crippen LogP contribution is 2.22. The molecule has 0 aliphatic rings. The summed E-state index contributed by atoms with van der Waals surface area (Å²) in [7, 11) is 0. The van der Waals surface area contributed by atoms with E-state index in [2.05, 4.69) is 58.7 Å². The molecule has 0 bridgehead atoms. The van der Waals surface area contributed by atoms with E-state index in [-0.39, 0.29) is 16.7 Å². The number of carbonyl (C=O) groups is 1. The first-order chi connectivity index (χ1) is 12.0. The van der Waals surface area contributed by atoms with Crippen molar-refractivity contribution in [3.05, 3.63) is 70.8 Å². The highest BCUT2D eigenvalue weighted by atomic mass is 16.1. The van der Waals surface area contributed by atoms with Crippen LogP contribution in [0.4, 0.5) is 0 Å². The van der Waals surface area contributed by atoms with Gasteiger partial charge < -0.3 is 5.32 Å². The first kappa shape index (κ1) is 19.8. The summed E-state index contributed by atoms with van der Waals surface area (Å²) in [4.78, 5) is 12.3. The van der Waals surface area contributed by atoms with Crippen LogP contribution >= 0.6 is 0 Å². The van der Waals surface area contributed by atoms with Gasteiger partial charge >= 0.3 is 0 Å². The number of nitrogens with one attached hydrogen (secondary N) is 1. The maximum Gasteiger partial charge on any atom is 0.251 e. The van der Waals surface area contributed by atoms with E-state index in [0.717, 1.165) is 11.1 Å². The molecule has 26 heavy (non-hydrogen) atoms. The number of hydrogen-bond acceptors (Lipinski definition) is 1. The largest absolute Gasteiger partial charge is 0.348 e. The third-order valence-electron chi connectivity index (χ3n) is 4.00. The van der Waals surface area contributed by atoms with Gasteiger partial charge in [0.05, 0.1) is 0 Å². The van der Waals surface area contributed by atoms with Gasteiger partial charge in [-0.25, -0.2) is 0 Å². The monoisotopic (exact) mass is 347 g/mol. The Morgan fingerprint density at radius 1 is 0.885 bits per heavy atom. The summed E-state index contributed by atoms with van der Waals surface area (Å²) >= 11 is 0. The number of benzene rings is 2. The molecule has 0 aliphatic heterocycles. The fourth-order valence-electron chi connectivity index (χ4n) is 2.37. The first-order valence-corrected chi connectivity index (χ1v) is 9.05. The molecule has 136 valence electrons. The van der Waals surface area contributed by atoms with E-state index in [9.17, 15) is 4.79 Å². The van der Waals surface area contributed by atoms with Crippen molar-refractivity contribution >= 4 is 5.91 Å². The Bertz CT molecular complexity index is 804. The number of rotatable bonds is 3. The molecule has 0 saturated heterocycles. The number of carbonyl (C=O) groups excluding carboxylic acids is 1. The third kappa shape index (κ3) is 6.08. The lowest BCUT2D eigenvalue weighted by atomic mass is 9.87. The predicted octanol–water partition coefficient (Wildman–Crippen LogP) is 5.31. The quantitative estimate of drug-likeness (QED) is 0.749. The zero-order chi connectivity index (χ0) is 19.4. The van der Waals surface area contributed by atoms with Gasteiger partial charge in [-0.3, -0.25) is 4.79 Å². The van der Waals surface area contributed by atoms with Crippen molar-refractivity contribution in [2.45, 2.75) is 53.5 Å². The van der Waals surface area contributed by atoms with Crippen molar-refractivity contribution in [3.8, 4) is 11.8 Å². The van der Waals surface area contributed by atoms with Crippen LogP contribution in [0.15, 0.2) is 48.5 Å². The smallest absolute Gasteiger partial charge is 0.251 e. The Morgan fingerprint density at radius 2 is 1.46 bits per heavy atom. The highest BCUT2D eigenvalue weighted by molar-refractivity contribution is 5.94. The van der Waals surface area contributed by atoms with Gasteiger partial charge in [-0.05, 0) is 61.6 Å². The van der Waals surface area contributed by atoms with Crippen molar-refractivity contribution in [3.63, 3.8) is 0 Å². The fourth-order valence-corrected chi connectivity index (χ4v) is 2.37. The van der Waals surface area contributed by atoms with Crippen LogP contribution < -0.4 is 5.32 Å². The molecule has 0 radical (unpaired) electrons. The van der Waals surface area contributed by atoms with Crippen LogP contribution in [0.2, 0.25) is 0 Å². The minimum absolute atomic E-state index is 0.00478. The third-order valence-corrected chi connectivity index (χ3v) is 4.00. The second-order valence-electron chi connectivity index (χ2n) is 8.71. The lowest BCUT2D eigenvalue weighted by Crippen LogP contribution is -2.23. The van der Waals surface area contributed by atoms with E-state index in [4.69, 9.17) is 0 Å². The molecule has 0 fully saturated rings. The first-order valence-electron chi connectivity index (χ1n) is 9.05. The molecule has 0 spiro atoms. The van der Waals surface area contributed by atoms with E-state index in [1.165, 1.54) is 5.56 Å². The summed E-state index contributed by atoms with van der Waals surface area (Å²) in [5.74, 6) is 6.35. The molecule has 2 nitrogen and oxygen atoms in total. The summed E-state index contributed by atoms with van der Waals surface area (Å²) in [6.45, 7) is 13.3. The molecule has 1 amide bonds. The minimum atomic E-state index is -0.0536. The van der Waals surface area contributed by atoms with Crippen LogP contribution in [0.25, 0.3) is 0 Å². The SMILES string of the molecule is CC(C)(C)C#Cc1ccc(CNC(=O)c2ccc(C(C)(C)C)cc2)cc1. The molecule has 2 rings (SSSR count). The molecule has 0 aromatic heterocycles. The summed E-state index contributed by atoms with van der Waals surface area (Å²) in [5, 5.41) is 2.97. The van der Waals surface area contributed by atoms with Crippen molar-refractivity contribution in [2.24, 2.45) is 5.41 Å². The van der Waals surface area contributed by atoms with Crippen LogP contribution in [0.1, 0.15) is 68.6 Å². The van der Waals surface area contributed by atoms with Gasteiger partial charge in [-0.2, -0.15) is 0 Å². The average molecular weight is 348 g/mol. The van der Waals surface area contributed by atoms with Crippen LogP contribution in [0.5, 0.6) is 0 Å². The standard InChI is InChI=1S/C24H29NO/c1-23(2,3)16-15-18-7-9-19(10-8-18)17-25-22(26)20-11-13-21(14-12-20)24(4,5)6/h7-14H,17H2,1-6H3,(H,25,26). The summed E-state index contributed by atoms with van der Waals surface area (Å²) in [6.07, 6.45) is 0. The Kier molecular flexibility index (Phi) is 5.93. The molecule has 2 heteroatoms. The lowest BCUT2D eigenvalue weighted by molar-refractivity contribution is 0.0951. The summed E-state index contributed by atoms with van der Waals surface area (Å²) < 4.78 is 0. The lowest BCUT2D eigenvalue weighted by Gasteiger charge is -2.19. The van der Waals surface area contributed by atoms with Gasteiger partial charge in [0.15, 0.2) is 0 Å². The predicted molar refractivity (Wildman–Crippen MR) is 109 cm³/mol. The van der Waals surface area contributed by atoms with Crippen molar-refractivity contribution < 1.29 is 4.79 Å². The molecular weight excluding hydrogens is 318 g/mol. The van der Waals surface area contributed by atoms with Crippen LogP contribution in [0, 0.1) is 17.3 Å². The zero-order valence-corrected chi connectivity index (χ0v) is 16.7. The van der Waals surface area contributed by atoms with Gasteiger partial charge in [-0.1, -0.05) is 56.9 Å². The minimum Gasteiger partial charge on any atom is -0.348 e. The van der Waals surface area contributed by atoms with Crippen molar-refractivity contribution in [2.75, 3.05) is 0 Å². The van der Waals surface area contributed by atoms with Crippen LogP contribution in [-0.2, 0) is 12.0 Å². The maximum atomic E-state index is 12.3. The van der Waals surface area contributed by atoms with Crippen LogP contribution in [-0.4, -0.2) is 5.91 Å². The Hall–Kier alpha value is -2.53. The van der Waals surface area contributed by atoms with Crippen LogP contribution in [0.3, 0.4) is 0 Å². The second-order valence-corrected chi connectivity index (χ2v) is 8.71. The Labute approximate surface area is 158 Å². The number of hydrogen-bond donors (Lipinski definition) is 1. The molecule has 0 saturated carbocycles. The van der Waals surface area contributed by atoms with Gasteiger partial charge in [-0.15, -0.1) is 0 Å². The Morgan fingerprint density at radius 3 is 1.96 bits per heavy atom. The van der Waals surface area contributed by atoms with E-state index >= 15 is 0 Å². The molecule has 0 heterocycles. The van der Waals surface area contributed by atoms with Gasteiger partial charge in [0, 0.05) is 23.1 Å². The topological polar surface area (TPSA) is 29.1 Å². The summed E-state index contributed by atoms with van der Waals surface area (Å²) in [6, 6.07) is 15.8. The van der Waals surface area contributed by atoms with E-state index in [1.54, 1.807) is 0 Å². The van der Waals surface area contributed by atoms with E-state index in [0.29, 0.717) is 12.1 Å². The average Bonchev–Trinajstić information content (AvgIpc) is 2.57. The zero-order valence-electron chi connectivity index (χ0n) is 16.7. The van der Waals surface area contributed by atoms with E-state index < -0.39 is 0 Å². The molecule has 1 N–H and O–H groups in total. The maximum absolute atomic E-state index is 12.3. The second kappa shape index (κ2) is 7.79. The molecule has 0 atom stereocenters. The van der Waals surface area contributed by atoms with Crippen molar-refractivity contribution in [1.29, 1.82) is 0 Å². The van der Waals surface area contributed by atoms with Crippen molar-refractivity contribution in [1.82, 2.24) is 5.32 Å². The van der Waals surface area contributed by atoms with Gasteiger partial charge in [0.1, 0.15) is 0 Å². The van der Waals surface area contributed by atoms with Gasteiger partial charge in [0.2, 0.25) is 0 Å². The normalized spacial score (nSPS) is 11.5. The summed E-state index contributed by atoms with van der Waals surface area (Å²) in [5.41, 5.74) is 4.05. The molecule has 2 aromatic rings. The highest BCUT2D eigenvalue weighted by Gasteiger charge is 2.14. The van der Waals surface area contributed by atoms with E-state index in [1.807, 2.05) is 48.5 Å². The number of amides is 1. The van der Waals surface area contributed by atoms with Gasteiger partial charge in [0.25, 0.3) is 5.91 Å².